The highest BCUT2D eigenvalue weighted by atomic mass is 32.2. The third kappa shape index (κ3) is 4.05. The van der Waals surface area contributed by atoms with Crippen LogP contribution in [0.2, 0.25) is 0 Å². The summed E-state index contributed by atoms with van der Waals surface area (Å²) in [5.41, 5.74) is 3.09. The standard InChI is InChI=1S/C23H27N3O2S2/c1-4-13-24-20(27)15(3)29-23-25-21-19(17-7-5-6-8-18(17)30-21)22(28)26(23)16-11-9-14(2)10-12-16/h9-12,15H,4-8,13H2,1-3H3,(H,24,27). The molecule has 2 heterocycles. The smallest absolute Gasteiger partial charge is 0.267 e. The van der Waals surface area contributed by atoms with Crippen LogP contribution in [0.4, 0.5) is 0 Å². The van der Waals surface area contributed by atoms with E-state index in [0.717, 1.165) is 47.2 Å². The van der Waals surface area contributed by atoms with E-state index < -0.39 is 0 Å². The topological polar surface area (TPSA) is 64.0 Å². The van der Waals surface area contributed by atoms with Crippen LogP contribution in [-0.4, -0.2) is 27.3 Å². The van der Waals surface area contributed by atoms with Gasteiger partial charge in [0.25, 0.3) is 5.56 Å². The maximum atomic E-state index is 13.7. The Labute approximate surface area is 184 Å². The molecule has 0 radical (unpaired) electrons. The van der Waals surface area contributed by atoms with Gasteiger partial charge in [-0.25, -0.2) is 4.98 Å². The molecule has 5 nitrogen and oxygen atoms in total. The maximum absolute atomic E-state index is 13.7. The molecule has 0 fully saturated rings. The lowest BCUT2D eigenvalue weighted by atomic mass is 9.97. The highest BCUT2D eigenvalue weighted by Crippen LogP contribution is 2.35. The minimum Gasteiger partial charge on any atom is -0.355 e. The van der Waals surface area contributed by atoms with Crippen LogP contribution in [0.5, 0.6) is 0 Å². The summed E-state index contributed by atoms with van der Waals surface area (Å²) in [7, 11) is 0. The number of hydrogen-bond donors (Lipinski definition) is 1. The van der Waals surface area contributed by atoms with Crippen molar-refractivity contribution in [3.63, 3.8) is 0 Å². The first-order valence-electron chi connectivity index (χ1n) is 10.6. The number of thiophene rings is 1. The van der Waals surface area contributed by atoms with Gasteiger partial charge in [0.15, 0.2) is 5.16 Å². The Morgan fingerprint density at radius 2 is 2.00 bits per heavy atom. The third-order valence-electron chi connectivity index (χ3n) is 5.45. The van der Waals surface area contributed by atoms with Crippen LogP contribution < -0.4 is 10.9 Å². The number of carbonyl (C=O) groups is 1. The van der Waals surface area contributed by atoms with Crippen molar-refractivity contribution in [2.24, 2.45) is 0 Å². The van der Waals surface area contributed by atoms with E-state index in [1.807, 2.05) is 45.0 Å². The second-order valence-corrected chi connectivity index (χ2v) is 10.2. The van der Waals surface area contributed by atoms with E-state index in [2.05, 4.69) is 5.32 Å². The van der Waals surface area contributed by atoms with Gasteiger partial charge < -0.3 is 5.32 Å². The van der Waals surface area contributed by atoms with Gasteiger partial charge in [0.05, 0.1) is 16.3 Å². The number of hydrogen-bond acceptors (Lipinski definition) is 5. The SMILES string of the molecule is CCCNC(=O)C(C)Sc1nc2sc3c(c2c(=O)n1-c1ccc(C)cc1)CCCC3. The van der Waals surface area contributed by atoms with Crippen molar-refractivity contribution in [2.45, 2.75) is 63.3 Å². The Balaban J connectivity index is 1.85. The second-order valence-electron chi connectivity index (χ2n) is 7.81. The van der Waals surface area contributed by atoms with Crippen molar-refractivity contribution in [1.29, 1.82) is 0 Å². The molecule has 30 heavy (non-hydrogen) atoms. The third-order valence-corrected chi connectivity index (χ3v) is 7.69. The fourth-order valence-corrected chi connectivity index (χ4v) is 6.04. The lowest BCUT2D eigenvalue weighted by Crippen LogP contribution is -2.32. The van der Waals surface area contributed by atoms with Gasteiger partial charge in [-0.3, -0.25) is 14.2 Å². The number of aryl methyl sites for hydroxylation is 3. The molecule has 1 atom stereocenters. The van der Waals surface area contributed by atoms with Gasteiger partial charge in [0.2, 0.25) is 5.91 Å². The first kappa shape index (κ1) is 21.1. The zero-order valence-electron chi connectivity index (χ0n) is 17.7. The van der Waals surface area contributed by atoms with E-state index >= 15 is 0 Å². The molecule has 3 aromatic rings. The van der Waals surface area contributed by atoms with Crippen molar-refractivity contribution in [3.8, 4) is 5.69 Å². The Kier molecular flexibility index (Phi) is 6.29. The number of amides is 1. The van der Waals surface area contributed by atoms with Crippen molar-refractivity contribution in [1.82, 2.24) is 14.9 Å². The normalized spacial score (nSPS) is 14.5. The molecule has 7 heteroatoms. The molecule has 1 aliphatic carbocycles. The largest absolute Gasteiger partial charge is 0.355 e. The summed E-state index contributed by atoms with van der Waals surface area (Å²) in [6.45, 7) is 6.57. The van der Waals surface area contributed by atoms with Crippen LogP contribution in [0.3, 0.4) is 0 Å². The maximum Gasteiger partial charge on any atom is 0.267 e. The van der Waals surface area contributed by atoms with E-state index in [4.69, 9.17) is 4.98 Å². The number of thioether (sulfide) groups is 1. The molecule has 1 amide bonds. The summed E-state index contributed by atoms with van der Waals surface area (Å²) in [4.78, 5) is 33.2. The fraction of sp³-hybridized carbons (Fsp3) is 0.435. The van der Waals surface area contributed by atoms with Gasteiger partial charge in [-0.1, -0.05) is 36.4 Å². The summed E-state index contributed by atoms with van der Waals surface area (Å²) >= 11 is 2.99. The van der Waals surface area contributed by atoms with Gasteiger partial charge in [-0.2, -0.15) is 0 Å². The van der Waals surface area contributed by atoms with E-state index in [0.29, 0.717) is 11.7 Å². The van der Waals surface area contributed by atoms with Crippen LogP contribution in [0.25, 0.3) is 15.9 Å². The van der Waals surface area contributed by atoms with Gasteiger partial charge in [0, 0.05) is 11.4 Å². The van der Waals surface area contributed by atoms with E-state index in [1.165, 1.54) is 28.6 Å². The lowest BCUT2D eigenvalue weighted by Gasteiger charge is -2.16. The molecule has 0 saturated carbocycles. The van der Waals surface area contributed by atoms with Crippen LogP contribution >= 0.6 is 23.1 Å². The first-order chi connectivity index (χ1) is 14.5. The van der Waals surface area contributed by atoms with Crippen LogP contribution in [0, 0.1) is 6.92 Å². The van der Waals surface area contributed by atoms with E-state index in [9.17, 15) is 9.59 Å². The predicted octanol–water partition coefficient (Wildman–Crippen LogP) is 4.64. The molecule has 4 rings (SSSR count). The molecule has 0 spiro atoms. The number of nitrogens with zero attached hydrogens (tertiary/aromatic N) is 2. The van der Waals surface area contributed by atoms with E-state index in [-0.39, 0.29) is 16.7 Å². The number of benzene rings is 1. The van der Waals surface area contributed by atoms with Gasteiger partial charge in [-0.05, 0) is 63.6 Å². The van der Waals surface area contributed by atoms with Crippen LogP contribution in [-0.2, 0) is 17.6 Å². The zero-order valence-corrected chi connectivity index (χ0v) is 19.3. The summed E-state index contributed by atoms with van der Waals surface area (Å²) in [5, 5.41) is 3.94. The van der Waals surface area contributed by atoms with Gasteiger partial charge in [-0.15, -0.1) is 11.3 Å². The number of carbonyl (C=O) groups excluding carboxylic acids is 1. The first-order valence-corrected chi connectivity index (χ1v) is 12.3. The van der Waals surface area contributed by atoms with Gasteiger partial charge in [0.1, 0.15) is 4.83 Å². The molecule has 1 unspecified atom stereocenters. The summed E-state index contributed by atoms with van der Waals surface area (Å²) < 4.78 is 1.69. The average Bonchev–Trinajstić information content (AvgIpc) is 3.11. The Bertz CT molecular complexity index is 1130. The van der Waals surface area contributed by atoms with Crippen molar-refractivity contribution >= 4 is 39.2 Å². The van der Waals surface area contributed by atoms with Crippen molar-refractivity contribution in [2.75, 3.05) is 6.54 Å². The number of aromatic nitrogens is 2. The summed E-state index contributed by atoms with van der Waals surface area (Å²) in [6, 6.07) is 7.91. The number of nitrogens with one attached hydrogen (secondary N) is 1. The number of rotatable bonds is 6. The molecule has 2 aromatic heterocycles. The average molecular weight is 442 g/mol. The minimum absolute atomic E-state index is 0.0214. The Hall–Kier alpha value is -2.12. The second kappa shape index (κ2) is 8.94. The van der Waals surface area contributed by atoms with Crippen LogP contribution in [0.1, 0.15) is 49.1 Å². The molecule has 0 saturated heterocycles. The molecule has 158 valence electrons. The lowest BCUT2D eigenvalue weighted by molar-refractivity contribution is -0.120. The monoisotopic (exact) mass is 441 g/mol. The highest BCUT2D eigenvalue weighted by Gasteiger charge is 2.25. The molecule has 0 aliphatic heterocycles. The minimum atomic E-state index is -0.341. The predicted molar refractivity (Wildman–Crippen MR) is 125 cm³/mol. The molecule has 0 bridgehead atoms. The zero-order chi connectivity index (χ0) is 21.3. The van der Waals surface area contributed by atoms with Crippen LogP contribution in [0.15, 0.2) is 34.2 Å². The molecular formula is C23H27N3O2S2. The summed E-state index contributed by atoms with van der Waals surface area (Å²) in [6.07, 6.45) is 5.15. The Morgan fingerprint density at radius 1 is 1.27 bits per heavy atom. The molecule has 1 N–H and O–H groups in total. The fourth-order valence-electron chi connectivity index (χ4n) is 3.79. The molecular weight excluding hydrogens is 414 g/mol. The van der Waals surface area contributed by atoms with Crippen molar-refractivity contribution in [3.05, 3.63) is 50.6 Å². The highest BCUT2D eigenvalue weighted by molar-refractivity contribution is 8.00. The van der Waals surface area contributed by atoms with E-state index in [1.54, 1.807) is 15.9 Å². The quantitative estimate of drug-likeness (QED) is 0.447. The molecule has 1 aromatic carbocycles. The molecule has 1 aliphatic rings. The summed E-state index contributed by atoms with van der Waals surface area (Å²) in [5.74, 6) is -0.0304. The van der Waals surface area contributed by atoms with Crippen molar-refractivity contribution < 1.29 is 4.79 Å². The Morgan fingerprint density at radius 3 is 2.73 bits per heavy atom. The number of fused-ring (bicyclic) bond motifs is 3. The van der Waals surface area contributed by atoms with Gasteiger partial charge >= 0.3 is 0 Å².